The Hall–Kier alpha value is -2.69. The quantitative estimate of drug-likeness (QED) is 0.703. The third-order valence-corrected chi connectivity index (χ3v) is 3.89. The molecule has 2 aromatic heterocycles. The SMILES string of the molecule is Fc1ccc(-c2noc(OCC3CC3)c2-c2ccncc2)cc1. The molecule has 0 unspecified atom stereocenters. The van der Waals surface area contributed by atoms with Crippen LogP contribution in [0.25, 0.3) is 22.4 Å². The average molecular weight is 310 g/mol. The van der Waals surface area contributed by atoms with Gasteiger partial charge in [-0.2, -0.15) is 0 Å². The predicted octanol–water partition coefficient (Wildman–Crippen LogP) is 4.33. The maximum Gasteiger partial charge on any atom is 0.319 e. The van der Waals surface area contributed by atoms with Gasteiger partial charge in [0.25, 0.3) is 0 Å². The van der Waals surface area contributed by atoms with E-state index in [1.807, 2.05) is 12.1 Å². The fraction of sp³-hybridized carbons (Fsp3) is 0.222. The number of hydrogen-bond acceptors (Lipinski definition) is 4. The molecule has 4 rings (SSSR count). The fourth-order valence-electron chi connectivity index (χ4n) is 2.43. The number of nitrogens with zero attached hydrogens (tertiary/aromatic N) is 2. The third-order valence-electron chi connectivity index (χ3n) is 3.89. The molecule has 0 aliphatic heterocycles. The minimum absolute atomic E-state index is 0.284. The Morgan fingerprint density at radius 1 is 1.04 bits per heavy atom. The number of rotatable bonds is 5. The van der Waals surface area contributed by atoms with E-state index in [0.717, 1.165) is 16.7 Å². The molecule has 0 saturated heterocycles. The molecule has 23 heavy (non-hydrogen) atoms. The first kappa shape index (κ1) is 13.9. The smallest absolute Gasteiger partial charge is 0.319 e. The van der Waals surface area contributed by atoms with Gasteiger partial charge in [0.15, 0.2) is 0 Å². The van der Waals surface area contributed by atoms with Crippen molar-refractivity contribution in [3.63, 3.8) is 0 Å². The zero-order valence-electron chi connectivity index (χ0n) is 12.4. The van der Waals surface area contributed by atoms with Gasteiger partial charge >= 0.3 is 5.95 Å². The molecule has 0 amide bonds. The van der Waals surface area contributed by atoms with Crippen molar-refractivity contribution in [3.8, 4) is 28.3 Å². The van der Waals surface area contributed by atoms with Crippen LogP contribution in [0, 0.1) is 11.7 Å². The summed E-state index contributed by atoms with van der Waals surface area (Å²) in [6.07, 6.45) is 5.82. The zero-order valence-corrected chi connectivity index (χ0v) is 12.4. The van der Waals surface area contributed by atoms with Gasteiger partial charge in [0.1, 0.15) is 11.5 Å². The second-order valence-corrected chi connectivity index (χ2v) is 5.69. The molecular formula is C18H15FN2O2. The van der Waals surface area contributed by atoms with Crippen LogP contribution in [-0.2, 0) is 0 Å². The normalized spacial score (nSPS) is 14.0. The Balaban J connectivity index is 1.77. The summed E-state index contributed by atoms with van der Waals surface area (Å²) in [4.78, 5) is 4.04. The van der Waals surface area contributed by atoms with E-state index in [0.29, 0.717) is 24.2 Å². The highest BCUT2D eigenvalue weighted by molar-refractivity contribution is 5.83. The average Bonchev–Trinajstić information content (AvgIpc) is 3.33. The van der Waals surface area contributed by atoms with Gasteiger partial charge in [0, 0.05) is 18.0 Å². The van der Waals surface area contributed by atoms with E-state index in [-0.39, 0.29) is 5.82 Å². The van der Waals surface area contributed by atoms with Crippen molar-refractivity contribution in [1.29, 1.82) is 0 Å². The summed E-state index contributed by atoms with van der Waals surface area (Å²) in [6.45, 7) is 0.635. The van der Waals surface area contributed by atoms with Crippen LogP contribution >= 0.6 is 0 Å². The van der Waals surface area contributed by atoms with Crippen molar-refractivity contribution < 1.29 is 13.7 Å². The van der Waals surface area contributed by atoms with Crippen molar-refractivity contribution in [2.45, 2.75) is 12.8 Å². The fourth-order valence-corrected chi connectivity index (χ4v) is 2.43. The molecule has 1 saturated carbocycles. The molecule has 1 aliphatic rings. The van der Waals surface area contributed by atoms with Gasteiger partial charge in [0.2, 0.25) is 0 Å². The van der Waals surface area contributed by atoms with Gasteiger partial charge in [-0.05, 0) is 60.7 Å². The molecule has 1 aliphatic carbocycles. The molecule has 4 nitrogen and oxygen atoms in total. The van der Waals surface area contributed by atoms with Crippen LogP contribution in [0.4, 0.5) is 4.39 Å². The lowest BCUT2D eigenvalue weighted by atomic mass is 10.0. The van der Waals surface area contributed by atoms with Crippen molar-refractivity contribution in [1.82, 2.24) is 10.1 Å². The van der Waals surface area contributed by atoms with Crippen molar-refractivity contribution >= 4 is 0 Å². The number of benzene rings is 1. The van der Waals surface area contributed by atoms with Crippen molar-refractivity contribution in [3.05, 3.63) is 54.6 Å². The van der Waals surface area contributed by atoms with Crippen molar-refractivity contribution in [2.24, 2.45) is 5.92 Å². The second kappa shape index (κ2) is 5.83. The Labute approximate surface area is 132 Å². The molecule has 0 spiro atoms. The van der Waals surface area contributed by atoms with E-state index in [4.69, 9.17) is 9.26 Å². The number of pyridine rings is 1. The Kier molecular flexibility index (Phi) is 3.54. The summed E-state index contributed by atoms with van der Waals surface area (Å²) in [5.41, 5.74) is 3.11. The number of ether oxygens (including phenoxy) is 1. The summed E-state index contributed by atoms with van der Waals surface area (Å²) >= 11 is 0. The van der Waals surface area contributed by atoms with E-state index >= 15 is 0 Å². The molecule has 0 N–H and O–H groups in total. The highest BCUT2D eigenvalue weighted by atomic mass is 19.1. The minimum atomic E-state index is -0.284. The Bertz CT molecular complexity index is 796. The van der Waals surface area contributed by atoms with Crippen LogP contribution < -0.4 is 4.74 Å². The van der Waals surface area contributed by atoms with Crippen LogP contribution in [0.5, 0.6) is 5.95 Å². The molecule has 1 aromatic carbocycles. The molecular weight excluding hydrogens is 295 g/mol. The first-order valence-corrected chi connectivity index (χ1v) is 7.60. The van der Waals surface area contributed by atoms with Crippen LogP contribution in [-0.4, -0.2) is 16.7 Å². The maximum atomic E-state index is 13.2. The van der Waals surface area contributed by atoms with Gasteiger partial charge < -0.3 is 9.26 Å². The summed E-state index contributed by atoms with van der Waals surface area (Å²) in [6, 6.07) is 9.94. The standard InChI is InChI=1S/C18H15FN2O2/c19-15-5-3-14(4-6-15)17-16(13-7-9-20-10-8-13)18(23-21-17)22-11-12-1-2-12/h3-10,12H,1-2,11H2. The Morgan fingerprint density at radius 3 is 2.48 bits per heavy atom. The second-order valence-electron chi connectivity index (χ2n) is 5.69. The van der Waals surface area contributed by atoms with E-state index < -0.39 is 0 Å². The lowest BCUT2D eigenvalue weighted by Crippen LogP contribution is -1.99. The predicted molar refractivity (Wildman–Crippen MR) is 83.3 cm³/mol. The van der Waals surface area contributed by atoms with Gasteiger partial charge in [-0.15, -0.1) is 0 Å². The van der Waals surface area contributed by atoms with Crippen molar-refractivity contribution in [2.75, 3.05) is 6.61 Å². The van der Waals surface area contributed by atoms with Crippen LogP contribution in [0.3, 0.4) is 0 Å². The van der Waals surface area contributed by atoms with Gasteiger partial charge in [-0.1, -0.05) is 5.16 Å². The molecule has 2 heterocycles. The minimum Gasteiger partial charge on any atom is -0.463 e. The van der Waals surface area contributed by atoms with E-state index in [1.165, 1.54) is 25.0 Å². The van der Waals surface area contributed by atoms with Gasteiger partial charge in [-0.25, -0.2) is 4.39 Å². The van der Waals surface area contributed by atoms with E-state index in [9.17, 15) is 4.39 Å². The molecule has 0 radical (unpaired) electrons. The molecule has 116 valence electrons. The monoisotopic (exact) mass is 310 g/mol. The largest absolute Gasteiger partial charge is 0.463 e. The summed E-state index contributed by atoms with van der Waals surface area (Å²) in [5.74, 6) is 0.731. The van der Waals surface area contributed by atoms with E-state index in [2.05, 4.69) is 10.1 Å². The number of hydrogen-bond donors (Lipinski definition) is 0. The van der Waals surface area contributed by atoms with Crippen LogP contribution in [0.2, 0.25) is 0 Å². The Morgan fingerprint density at radius 2 is 1.78 bits per heavy atom. The molecule has 0 bridgehead atoms. The highest BCUT2D eigenvalue weighted by Gasteiger charge is 2.26. The van der Waals surface area contributed by atoms with Gasteiger partial charge in [0.05, 0.1) is 12.2 Å². The summed E-state index contributed by atoms with van der Waals surface area (Å²) < 4.78 is 24.4. The molecule has 1 fully saturated rings. The maximum absolute atomic E-state index is 13.2. The topological polar surface area (TPSA) is 48.2 Å². The van der Waals surface area contributed by atoms with Gasteiger partial charge in [-0.3, -0.25) is 4.98 Å². The number of aromatic nitrogens is 2. The van der Waals surface area contributed by atoms with Crippen LogP contribution in [0.15, 0.2) is 53.3 Å². The first-order chi connectivity index (χ1) is 11.3. The molecule has 0 atom stereocenters. The lowest BCUT2D eigenvalue weighted by Gasteiger charge is -2.05. The lowest BCUT2D eigenvalue weighted by molar-refractivity contribution is 0.206. The summed E-state index contributed by atoms with van der Waals surface area (Å²) in [7, 11) is 0. The highest BCUT2D eigenvalue weighted by Crippen LogP contribution is 2.40. The van der Waals surface area contributed by atoms with Crippen LogP contribution in [0.1, 0.15) is 12.8 Å². The summed E-state index contributed by atoms with van der Waals surface area (Å²) in [5, 5.41) is 4.15. The zero-order chi connectivity index (χ0) is 15.6. The molecule has 3 aromatic rings. The van der Waals surface area contributed by atoms with E-state index in [1.54, 1.807) is 24.5 Å². The third kappa shape index (κ3) is 2.95. The number of halogens is 1. The molecule has 5 heteroatoms. The first-order valence-electron chi connectivity index (χ1n) is 7.60.